The molecule has 21 heavy (non-hydrogen) atoms. The molecule has 0 aliphatic heterocycles. The van der Waals surface area contributed by atoms with Crippen molar-refractivity contribution in [3.05, 3.63) is 39.5 Å². The number of halogens is 5. The normalized spacial score (nSPS) is 10.9. The summed E-state index contributed by atoms with van der Waals surface area (Å²) in [6, 6.07) is 4.45. The van der Waals surface area contributed by atoms with Gasteiger partial charge in [0.2, 0.25) is 0 Å². The third kappa shape index (κ3) is 3.21. The van der Waals surface area contributed by atoms with E-state index in [0.717, 1.165) is 16.8 Å². The van der Waals surface area contributed by atoms with Gasteiger partial charge in [0, 0.05) is 6.07 Å². The van der Waals surface area contributed by atoms with Crippen LogP contribution in [0.25, 0.3) is 5.69 Å². The summed E-state index contributed by atoms with van der Waals surface area (Å²) in [5.41, 5.74) is 4.62. The van der Waals surface area contributed by atoms with Gasteiger partial charge >= 0.3 is 6.18 Å². The van der Waals surface area contributed by atoms with Crippen LogP contribution in [0.15, 0.2) is 18.2 Å². The van der Waals surface area contributed by atoms with E-state index in [-0.39, 0.29) is 33.4 Å². The number of alkyl halides is 3. The van der Waals surface area contributed by atoms with E-state index < -0.39 is 11.7 Å². The smallest absolute Gasteiger partial charge is 0.384 e. The van der Waals surface area contributed by atoms with E-state index in [1.54, 1.807) is 6.07 Å². The first-order valence-corrected chi connectivity index (χ1v) is 5.82. The van der Waals surface area contributed by atoms with Crippen molar-refractivity contribution in [3.8, 4) is 11.8 Å². The van der Waals surface area contributed by atoms with Gasteiger partial charge in [0.05, 0.1) is 15.6 Å². The number of aromatic nitrogens is 2. The molecule has 0 amide bonds. The minimum absolute atomic E-state index is 0. The minimum Gasteiger partial charge on any atom is -0.384 e. The van der Waals surface area contributed by atoms with Crippen LogP contribution in [0.5, 0.6) is 0 Å². The molecule has 112 valence electrons. The van der Waals surface area contributed by atoms with E-state index in [2.05, 4.69) is 5.10 Å². The highest BCUT2D eigenvalue weighted by atomic mass is 35.5. The SMILES string of the molecule is N.N#Cc1cc(N)n(-c2c(Cl)cc(C(F)(F)F)cc2Cl)n1. The molecule has 0 spiro atoms. The average Bonchev–Trinajstić information content (AvgIpc) is 2.69. The van der Waals surface area contributed by atoms with Crippen molar-refractivity contribution in [1.29, 1.82) is 5.26 Å². The van der Waals surface area contributed by atoms with E-state index in [4.69, 9.17) is 34.2 Å². The minimum atomic E-state index is -4.57. The van der Waals surface area contributed by atoms with Crippen molar-refractivity contribution in [2.75, 3.05) is 5.73 Å². The molecular weight excluding hydrogens is 330 g/mol. The number of anilines is 1. The molecule has 2 rings (SSSR count). The molecule has 0 saturated carbocycles. The fourth-order valence-electron chi connectivity index (χ4n) is 1.56. The molecule has 1 heterocycles. The van der Waals surface area contributed by atoms with Crippen LogP contribution in [0, 0.1) is 11.3 Å². The van der Waals surface area contributed by atoms with Crippen LogP contribution in [0.1, 0.15) is 11.3 Å². The third-order valence-corrected chi connectivity index (χ3v) is 2.98. The van der Waals surface area contributed by atoms with Crippen molar-refractivity contribution in [2.24, 2.45) is 0 Å². The highest BCUT2D eigenvalue weighted by Gasteiger charge is 2.32. The van der Waals surface area contributed by atoms with Crippen LogP contribution in [0.4, 0.5) is 19.0 Å². The molecule has 0 bridgehead atoms. The van der Waals surface area contributed by atoms with E-state index in [1.807, 2.05) is 0 Å². The van der Waals surface area contributed by atoms with Crippen LogP contribution in [0.3, 0.4) is 0 Å². The Morgan fingerprint density at radius 3 is 2.10 bits per heavy atom. The summed E-state index contributed by atoms with van der Waals surface area (Å²) in [6.45, 7) is 0. The summed E-state index contributed by atoms with van der Waals surface area (Å²) < 4.78 is 38.9. The predicted molar refractivity (Wildman–Crippen MR) is 72.7 cm³/mol. The Morgan fingerprint density at radius 2 is 1.71 bits per heavy atom. The fourth-order valence-corrected chi connectivity index (χ4v) is 2.21. The number of nitrogens with two attached hydrogens (primary N) is 1. The Hall–Kier alpha value is -1.95. The number of nitrogens with zero attached hydrogens (tertiary/aromatic N) is 3. The van der Waals surface area contributed by atoms with Gasteiger partial charge in [-0.2, -0.15) is 23.5 Å². The molecule has 1 aromatic carbocycles. The highest BCUT2D eigenvalue weighted by Crippen LogP contribution is 2.37. The molecule has 10 heteroatoms. The van der Waals surface area contributed by atoms with Gasteiger partial charge in [-0.25, -0.2) is 4.68 Å². The first-order valence-electron chi connectivity index (χ1n) is 5.06. The Morgan fingerprint density at radius 1 is 1.19 bits per heavy atom. The summed E-state index contributed by atoms with van der Waals surface area (Å²) in [5, 5.41) is 12.0. The van der Waals surface area contributed by atoms with Crippen LogP contribution in [0.2, 0.25) is 10.0 Å². The van der Waals surface area contributed by atoms with Crippen LogP contribution < -0.4 is 11.9 Å². The summed E-state index contributed by atoms with van der Waals surface area (Å²) in [6.07, 6.45) is -4.57. The van der Waals surface area contributed by atoms with Crippen LogP contribution >= 0.6 is 23.2 Å². The molecule has 5 nitrogen and oxygen atoms in total. The van der Waals surface area contributed by atoms with Gasteiger partial charge in [0.15, 0.2) is 5.69 Å². The van der Waals surface area contributed by atoms with Gasteiger partial charge in [-0.3, -0.25) is 0 Å². The largest absolute Gasteiger partial charge is 0.416 e. The second-order valence-electron chi connectivity index (χ2n) is 3.76. The van der Waals surface area contributed by atoms with Gasteiger partial charge in [0.25, 0.3) is 0 Å². The summed E-state index contributed by atoms with van der Waals surface area (Å²) in [7, 11) is 0. The van der Waals surface area contributed by atoms with Gasteiger partial charge in [-0.05, 0) is 12.1 Å². The van der Waals surface area contributed by atoms with E-state index in [1.165, 1.54) is 6.07 Å². The first-order chi connectivity index (χ1) is 9.24. The molecule has 0 saturated heterocycles. The molecule has 5 N–H and O–H groups in total. The predicted octanol–water partition coefficient (Wildman–Crippen LogP) is 3.81. The van der Waals surface area contributed by atoms with Crippen molar-refractivity contribution in [1.82, 2.24) is 15.9 Å². The molecule has 0 aliphatic rings. The van der Waals surface area contributed by atoms with Crippen molar-refractivity contribution in [3.63, 3.8) is 0 Å². The maximum atomic E-state index is 12.6. The Balaban J connectivity index is 0.00000220. The summed E-state index contributed by atoms with van der Waals surface area (Å²) in [4.78, 5) is 0. The number of hydrogen-bond donors (Lipinski definition) is 2. The maximum Gasteiger partial charge on any atom is 0.416 e. The molecule has 0 atom stereocenters. The van der Waals surface area contributed by atoms with Gasteiger partial charge < -0.3 is 11.9 Å². The van der Waals surface area contributed by atoms with Crippen LogP contribution in [-0.4, -0.2) is 9.78 Å². The number of nitriles is 1. The Kier molecular flexibility index (Phi) is 4.73. The molecule has 0 unspecified atom stereocenters. The molecule has 2 aromatic rings. The summed E-state index contributed by atoms with van der Waals surface area (Å²) >= 11 is 11.6. The van der Waals surface area contributed by atoms with Gasteiger partial charge in [-0.1, -0.05) is 23.2 Å². The van der Waals surface area contributed by atoms with Crippen molar-refractivity contribution in [2.45, 2.75) is 6.18 Å². The van der Waals surface area contributed by atoms with Gasteiger partial charge in [0.1, 0.15) is 17.6 Å². The number of nitrogen functional groups attached to an aromatic ring is 1. The van der Waals surface area contributed by atoms with Crippen molar-refractivity contribution >= 4 is 29.0 Å². The number of benzene rings is 1. The topological polar surface area (TPSA) is 103 Å². The third-order valence-electron chi connectivity index (χ3n) is 2.41. The zero-order valence-electron chi connectivity index (χ0n) is 10.2. The second-order valence-corrected chi connectivity index (χ2v) is 4.58. The summed E-state index contributed by atoms with van der Waals surface area (Å²) in [5.74, 6) is 0.0325. The average molecular weight is 338 g/mol. The molecule has 1 aromatic heterocycles. The van der Waals surface area contributed by atoms with Gasteiger partial charge in [-0.15, -0.1) is 0 Å². The Bertz CT molecular complexity index is 695. The van der Waals surface area contributed by atoms with E-state index >= 15 is 0 Å². The lowest BCUT2D eigenvalue weighted by Crippen LogP contribution is -2.08. The zero-order chi connectivity index (χ0) is 15.1. The zero-order valence-corrected chi connectivity index (χ0v) is 11.8. The monoisotopic (exact) mass is 337 g/mol. The second kappa shape index (κ2) is 5.81. The standard InChI is InChI=1S/C11H5Cl2F3N4.H3N/c12-7-1-5(11(14,15)16)2-8(13)10(7)20-9(18)3-6(4-17)19-20;/h1-3H,18H2;1H3. The first kappa shape index (κ1) is 17.1. The van der Waals surface area contributed by atoms with Crippen LogP contribution in [-0.2, 0) is 6.18 Å². The quantitative estimate of drug-likeness (QED) is 0.825. The van der Waals surface area contributed by atoms with E-state index in [9.17, 15) is 13.2 Å². The molecule has 0 aliphatic carbocycles. The van der Waals surface area contributed by atoms with E-state index in [0.29, 0.717) is 0 Å². The molecular formula is C11H8Cl2F3N5. The van der Waals surface area contributed by atoms with Crippen molar-refractivity contribution < 1.29 is 13.2 Å². The lowest BCUT2D eigenvalue weighted by molar-refractivity contribution is -0.137. The maximum absolute atomic E-state index is 12.6. The number of rotatable bonds is 1. The lowest BCUT2D eigenvalue weighted by atomic mass is 10.2. The Labute approximate surface area is 127 Å². The molecule has 0 radical (unpaired) electrons. The number of hydrogen-bond acceptors (Lipinski definition) is 4. The molecule has 0 fully saturated rings. The fraction of sp³-hybridized carbons (Fsp3) is 0.0909. The highest BCUT2D eigenvalue weighted by molar-refractivity contribution is 6.37. The lowest BCUT2D eigenvalue weighted by Gasteiger charge is -2.13.